The molecule has 0 bridgehead atoms. The van der Waals surface area contributed by atoms with Crippen molar-refractivity contribution in [2.45, 2.75) is 33.7 Å². The number of aryl methyl sites for hydroxylation is 1. The molecule has 0 saturated heterocycles. The number of esters is 1. The van der Waals surface area contributed by atoms with Gasteiger partial charge in [-0.1, -0.05) is 0 Å². The number of hydrogen-bond acceptors (Lipinski definition) is 7. The zero-order chi connectivity index (χ0) is 21.3. The van der Waals surface area contributed by atoms with Crippen molar-refractivity contribution >= 4 is 24.0 Å². The summed E-state index contributed by atoms with van der Waals surface area (Å²) in [6.07, 6.45) is 0.474. The highest BCUT2D eigenvalue weighted by Gasteiger charge is 2.18. The number of imide groups is 1. The van der Waals surface area contributed by atoms with Gasteiger partial charge in [-0.25, -0.2) is 9.59 Å². The van der Waals surface area contributed by atoms with Crippen molar-refractivity contribution in [1.82, 2.24) is 9.88 Å². The molecule has 0 unspecified atom stereocenters. The van der Waals surface area contributed by atoms with E-state index < -0.39 is 24.6 Å². The SMILES string of the molecule is CCOC(=O)NC(=O)COC(=O)/C(C#N)=C/c1cc(C)n([C@H](C)COC)c1C. The van der Waals surface area contributed by atoms with Crippen LogP contribution in [-0.4, -0.2) is 49.5 Å². The van der Waals surface area contributed by atoms with Crippen molar-refractivity contribution in [3.8, 4) is 6.07 Å². The van der Waals surface area contributed by atoms with E-state index in [4.69, 9.17) is 9.47 Å². The van der Waals surface area contributed by atoms with Gasteiger partial charge in [-0.15, -0.1) is 0 Å². The zero-order valence-electron chi connectivity index (χ0n) is 16.7. The lowest BCUT2D eigenvalue weighted by molar-refractivity contribution is -0.144. The molecule has 1 rings (SSSR count). The first-order valence-corrected chi connectivity index (χ1v) is 8.67. The summed E-state index contributed by atoms with van der Waals surface area (Å²) in [4.78, 5) is 34.8. The first-order valence-electron chi connectivity index (χ1n) is 8.67. The molecule has 0 spiro atoms. The van der Waals surface area contributed by atoms with Gasteiger partial charge in [-0.05, 0) is 45.4 Å². The van der Waals surface area contributed by atoms with Crippen LogP contribution >= 0.6 is 0 Å². The van der Waals surface area contributed by atoms with Gasteiger partial charge in [0.25, 0.3) is 5.91 Å². The normalized spacial score (nSPS) is 12.1. The standard InChI is InChI=1S/C19H25N3O6/c1-6-27-19(25)21-17(23)11-28-18(24)16(9-20)8-15-7-12(2)22(14(15)4)13(3)10-26-5/h7-8,13H,6,10-11H2,1-5H3,(H,21,23,25)/b16-8+/t13-/m1/s1. The first kappa shape index (κ1) is 22.9. The van der Waals surface area contributed by atoms with Crippen LogP contribution in [0, 0.1) is 25.2 Å². The Hall–Kier alpha value is -3.12. The van der Waals surface area contributed by atoms with Crippen LogP contribution in [0.4, 0.5) is 4.79 Å². The predicted octanol–water partition coefficient (Wildman–Crippen LogP) is 2.04. The summed E-state index contributed by atoms with van der Waals surface area (Å²) in [5, 5.41) is 11.2. The number of methoxy groups -OCH3 is 1. The third kappa shape index (κ3) is 6.25. The Kier molecular flexibility index (Phi) is 8.91. The lowest BCUT2D eigenvalue weighted by Crippen LogP contribution is -2.34. The predicted molar refractivity (Wildman–Crippen MR) is 100 cm³/mol. The number of carbonyl (C=O) groups is 3. The van der Waals surface area contributed by atoms with E-state index in [1.165, 1.54) is 6.08 Å². The molecule has 28 heavy (non-hydrogen) atoms. The van der Waals surface area contributed by atoms with E-state index in [-0.39, 0.29) is 18.2 Å². The molecule has 1 aromatic heterocycles. The van der Waals surface area contributed by atoms with Crippen LogP contribution in [0.2, 0.25) is 0 Å². The highest BCUT2D eigenvalue weighted by Crippen LogP contribution is 2.23. The number of amides is 2. The molecule has 0 aromatic carbocycles. The number of aromatic nitrogens is 1. The van der Waals surface area contributed by atoms with Gasteiger partial charge < -0.3 is 18.8 Å². The van der Waals surface area contributed by atoms with Crippen LogP contribution in [-0.2, 0) is 23.8 Å². The maximum atomic E-state index is 12.1. The van der Waals surface area contributed by atoms with E-state index in [0.29, 0.717) is 12.2 Å². The summed E-state index contributed by atoms with van der Waals surface area (Å²) >= 11 is 0. The number of carbonyl (C=O) groups excluding carboxylic acids is 3. The number of nitrogens with one attached hydrogen (secondary N) is 1. The number of hydrogen-bond donors (Lipinski definition) is 1. The van der Waals surface area contributed by atoms with E-state index in [1.807, 2.05) is 36.7 Å². The second-order valence-electron chi connectivity index (χ2n) is 6.02. The molecule has 1 atom stereocenters. The fourth-order valence-electron chi connectivity index (χ4n) is 2.76. The second kappa shape index (κ2) is 10.9. The van der Waals surface area contributed by atoms with Gasteiger partial charge in [0.2, 0.25) is 0 Å². The Balaban J connectivity index is 2.88. The Labute approximate surface area is 163 Å². The molecule has 1 heterocycles. The molecule has 0 saturated carbocycles. The van der Waals surface area contributed by atoms with Crippen LogP contribution in [0.25, 0.3) is 6.08 Å². The lowest BCUT2D eigenvalue weighted by atomic mass is 10.1. The molecule has 0 aliphatic heterocycles. The Morgan fingerprint density at radius 1 is 1.32 bits per heavy atom. The third-order valence-electron chi connectivity index (χ3n) is 3.86. The van der Waals surface area contributed by atoms with Crippen molar-refractivity contribution in [2.24, 2.45) is 0 Å². The zero-order valence-corrected chi connectivity index (χ0v) is 16.7. The monoisotopic (exact) mass is 391 g/mol. The summed E-state index contributed by atoms with van der Waals surface area (Å²) in [5.41, 5.74) is 2.24. The van der Waals surface area contributed by atoms with Gasteiger partial charge in [0.05, 0.1) is 19.3 Å². The Morgan fingerprint density at radius 2 is 2.00 bits per heavy atom. The molecule has 1 N–H and O–H groups in total. The molecule has 0 fully saturated rings. The maximum Gasteiger partial charge on any atom is 0.413 e. The summed E-state index contributed by atoms with van der Waals surface area (Å²) in [5.74, 6) is -1.81. The lowest BCUT2D eigenvalue weighted by Gasteiger charge is -2.17. The number of alkyl carbamates (subject to hydrolysis) is 1. The van der Waals surface area contributed by atoms with E-state index >= 15 is 0 Å². The molecule has 0 aliphatic carbocycles. The van der Waals surface area contributed by atoms with Gasteiger partial charge in [-0.3, -0.25) is 10.1 Å². The van der Waals surface area contributed by atoms with Crippen molar-refractivity contribution in [3.63, 3.8) is 0 Å². The minimum absolute atomic E-state index is 0.0798. The Bertz CT molecular complexity index is 803. The molecule has 1 aromatic rings. The van der Waals surface area contributed by atoms with E-state index in [1.54, 1.807) is 20.1 Å². The summed E-state index contributed by atoms with van der Waals surface area (Å²) in [7, 11) is 1.62. The summed E-state index contributed by atoms with van der Waals surface area (Å²) in [6, 6.07) is 3.70. The fraction of sp³-hybridized carbons (Fsp3) is 0.474. The quantitative estimate of drug-likeness (QED) is 0.409. The van der Waals surface area contributed by atoms with Gasteiger partial charge in [-0.2, -0.15) is 5.26 Å². The van der Waals surface area contributed by atoms with Gasteiger partial charge in [0.15, 0.2) is 6.61 Å². The molecule has 0 radical (unpaired) electrons. The van der Waals surface area contributed by atoms with Gasteiger partial charge in [0.1, 0.15) is 11.6 Å². The summed E-state index contributed by atoms with van der Waals surface area (Å²) in [6.45, 7) is 7.28. The number of nitriles is 1. The molecular weight excluding hydrogens is 366 g/mol. The van der Waals surface area contributed by atoms with E-state index in [0.717, 1.165) is 11.4 Å². The molecule has 152 valence electrons. The highest BCUT2D eigenvalue weighted by molar-refractivity contribution is 6.00. The average Bonchev–Trinajstić information content (AvgIpc) is 2.91. The largest absolute Gasteiger partial charge is 0.451 e. The smallest absolute Gasteiger partial charge is 0.413 e. The minimum Gasteiger partial charge on any atom is -0.451 e. The molecule has 9 heteroatoms. The first-order chi connectivity index (χ1) is 13.2. The van der Waals surface area contributed by atoms with Crippen molar-refractivity contribution in [3.05, 3.63) is 28.6 Å². The minimum atomic E-state index is -0.962. The van der Waals surface area contributed by atoms with Crippen molar-refractivity contribution in [2.75, 3.05) is 26.9 Å². The fourth-order valence-corrected chi connectivity index (χ4v) is 2.76. The average molecular weight is 391 g/mol. The number of ether oxygens (including phenoxy) is 3. The van der Waals surface area contributed by atoms with Gasteiger partial charge in [0, 0.05) is 18.5 Å². The molecule has 0 aliphatic rings. The van der Waals surface area contributed by atoms with E-state index in [2.05, 4.69) is 4.74 Å². The molecular formula is C19H25N3O6. The topological polar surface area (TPSA) is 120 Å². The maximum absolute atomic E-state index is 12.1. The van der Waals surface area contributed by atoms with Crippen LogP contribution in [0.15, 0.2) is 11.6 Å². The third-order valence-corrected chi connectivity index (χ3v) is 3.86. The molecule has 9 nitrogen and oxygen atoms in total. The van der Waals surface area contributed by atoms with Crippen LogP contribution in [0.3, 0.4) is 0 Å². The molecule has 2 amide bonds. The summed E-state index contributed by atoms with van der Waals surface area (Å²) < 4.78 is 16.6. The second-order valence-corrected chi connectivity index (χ2v) is 6.02. The number of rotatable bonds is 8. The van der Waals surface area contributed by atoms with Crippen LogP contribution < -0.4 is 5.32 Å². The highest BCUT2D eigenvalue weighted by atomic mass is 16.6. The van der Waals surface area contributed by atoms with Crippen molar-refractivity contribution in [1.29, 1.82) is 5.26 Å². The van der Waals surface area contributed by atoms with Gasteiger partial charge >= 0.3 is 12.1 Å². The van der Waals surface area contributed by atoms with Crippen LogP contribution in [0.1, 0.15) is 36.8 Å². The van der Waals surface area contributed by atoms with Crippen LogP contribution in [0.5, 0.6) is 0 Å². The number of nitrogens with zero attached hydrogens (tertiary/aromatic N) is 2. The van der Waals surface area contributed by atoms with E-state index in [9.17, 15) is 19.6 Å². The Morgan fingerprint density at radius 3 is 2.57 bits per heavy atom. The van der Waals surface area contributed by atoms with Crippen molar-refractivity contribution < 1.29 is 28.6 Å².